The standard InChI is InChI=1S/C17H20N2O4/c1-8-12(5-6-15(21)22)10(3)18-13(8)7-14-9(2)16(11(4)20)17(23)19-14/h7,19,23H,5-6H2,1-4H3,(H,21,22). The summed E-state index contributed by atoms with van der Waals surface area (Å²) in [5.41, 5.74) is 4.93. The summed E-state index contributed by atoms with van der Waals surface area (Å²) >= 11 is 0. The SMILES string of the molecule is CC(=O)c1c(O)[nH]c(C=C2N=C(C)C(CCC(=O)O)=C2C)c1C. The van der Waals surface area contributed by atoms with Gasteiger partial charge in [0.15, 0.2) is 11.7 Å². The van der Waals surface area contributed by atoms with Gasteiger partial charge < -0.3 is 15.2 Å². The molecule has 1 aromatic rings. The lowest BCUT2D eigenvalue weighted by molar-refractivity contribution is -0.136. The van der Waals surface area contributed by atoms with Crippen molar-refractivity contribution in [3.05, 3.63) is 33.7 Å². The molecule has 0 fully saturated rings. The van der Waals surface area contributed by atoms with Crippen LogP contribution >= 0.6 is 0 Å². The van der Waals surface area contributed by atoms with Gasteiger partial charge in [-0.1, -0.05) is 0 Å². The Balaban J connectivity index is 2.40. The van der Waals surface area contributed by atoms with Crippen molar-refractivity contribution in [2.45, 2.75) is 40.5 Å². The van der Waals surface area contributed by atoms with Gasteiger partial charge in [-0.2, -0.15) is 0 Å². The fourth-order valence-corrected chi connectivity index (χ4v) is 2.81. The maximum Gasteiger partial charge on any atom is 0.303 e. The maximum atomic E-state index is 11.6. The van der Waals surface area contributed by atoms with Crippen LogP contribution in [0, 0.1) is 6.92 Å². The first-order valence-corrected chi connectivity index (χ1v) is 7.34. The third-order valence-electron chi connectivity index (χ3n) is 4.05. The number of ketones is 1. The molecule has 0 saturated carbocycles. The van der Waals surface area contributed by atoms with Gasteiger partial charge in [-0.05, 0) is 56.9 Å². The minimum Gasteiger partial charge on any atom is -0.494 e. The second-order valence-corrected chi connectivity index (χ2v) is 5.67. The summed E-state index contributed by atoms with van der Waals surface area (Å²) in [6.07, 6.45) is 2.26. The molecule has 1 aliphatic rings. The molecule has 0 atom stereocenters. The van der Waals surface area contributed by atoms with E-state index in [0.717, 1.165) is 16.9 Å². The van der Waals surface area contributed by atoms with E-state index in [0.29, 0.717) is 23.4 Å². The summed E-state index contributed by atoms with van der Waals surface area (Å²) in [4.78, 5) is 29.6. The number of carbonyl (C=O) groups is 2. The lowest BCUT2D eigenvalue weighted by Gasteiger charge is -2.02. The van der Waals surface area contributed by atoms with Gasteiger partial charge in [-0.15, -0.1) is 0 Å². The predicted octanol–water partition coefficient (Wildman–Crippen LogP) is 3.23. The Hall–Kier alpha value is -2.63. The maximum absolute atomic E-state index is 11.6. The van der Waals surface area contributed by atoms with Crippen LogP contribution in [-0.4, -0.2) is 32.7 Å². The number of allylic oxidation sites excluding steroid dienone is 2. The number of aromatic nitrogens is 1. The van der Waals surface area contributed by atoms with Crippen LogP contribution in [0.15, 0.2) is 21.8 Å². The van der Waals surface area contributed by atoms with Crippen LogP contribution in [0.2, 0.25) is 0 Å². The fourth-order valence-electron chi connectivity index (χ4n) is 2.81. The zero-order valence-electron chi connectivity index (χ0n) is 13.6. The highest BCUT2D eigenvalue weighted by atomic mass is 16.4. The number of carboxylic acid groups (broad SMARTS) is 1. The van der Waals surface area contributed by atoms with Gasteiger partial charge in [-0.25, -0.2) is 0 Å². The molecule has 0 aliphatic carbocycles. The highest BCUT2D eigenvalue weighted by Gasteiger charge is 2.21. The summed E-state index contributed by atoms with van der Waals surface area (Å²) in [5.74, 6) is -1.19. The molecular formula is C17H20N2O4. The van der Waals surface area contributed by atoms with Crippen molar-refractivity contribution in [1.82, 2.24) is 4.98 Å². The molecule has 122 valence electrons. The van der Waals surface area contributed by atoms with Crippen LogP contribution < -0.4 is 0 Å². The molecule has 0 bridgehead atoms. The zero-order chi connectivity index (χ0) is 17.3. The molecule has 0 unspecified atom stereocenters. The second-order valence-electron chi connectivity index (χ2n) is 5.67. The molecule has 6 nitrogen and oxygen atoms in total. The quantitative estimate of drug-likeness (QED) is 0.726. The van der Waals surface area contributed by atoms with E-state index in [1.807, 2.05) is 13.8 Å². The Labute approximate surface area is 134 Å². The number of hydrogen-bond donors (Lipinski definition) is 3. The molecular weight excluding hydrogens is 296 g/mol. The van der Waals surface area contributed by atoms with Gasteiger partial charge in [0.25, 0.3) is 0 Å². The number of nitrogens with one attached hydrogen (secondary N) is 1. The molecule has 2 heterocycles. The molecule has 1 aliphatic heterocycles. The first kappa shape index (κ1) is 16.7. The van der Waals surface area contributed by atoms with Gasteiger partial charge in [0.05, 0.1) is 11.3 Å². The van der Waals surface area contributed by atoms with Crippen molar-refractivity contribution < 1.29 is 19.8 Å². The Morgan fingerprint density at radius 3 is 2.43 bits per heavy atom. The number of Topliss-reactive ketones (excluding diaryl/α,β-unsaturated/α-hetero) is 1. The summed E-state index contributed by atoms with van der Waals surface area (Å²) in [7, 11) is 0. The molecule has 0 radical (unpaired) electrons. The highest BCUT2D eigenvalue weighted by molar-refractivity contribution is 6.04. The van der Waals surface area contributed by atoms with Crippen LogP contribution in [0.3, 0.4) is 0 Å². The largest absolute Gasteiger partial charge is 0.494 e. The van der Waals surface area contributed by atoms with Crippen LogP contribution in [0.1, 0.15) is 55.2 Å². The molecule has 23 heavy (non-hydrogen) atoms. The van der Waals surface area contributed by atoms with Crippen molar-refractivity contribution >= 4 is 23.5 Å². The number of aliphatic carboxylic acids is 1. The number of H-pyrrole nitrogens is 1. The van der Waals surface area contributed by atoms with Crippen LogP contribution in [0.25, 0.3) is 6.08 Å². The molecule has 0 aromatic carbocycles. The fraction of sp³-hybridized carbons (Fsp3) is 0.353. The number of hydrogen-bond acceptors (Lipinski definition) is 4. The van der Waals surface area contributed by atoms with E-state index in [-0.39, 0.29) is 23.6 Å². The number of carbonyl (C=O) groups excluding carboxylic acids is 1. The van der Waals surface area contributed by atoms with Gasteiger partial charge >= 0.3 is 5.97 Å². The molecule has 0 saturated heterocycles. The molecule has 3 N–H and O–H groups in total. The zero-order valence-corrected chi connectivity index (χ0v) is 13.6. The normalized spacial score (nSPS) is 16.2. The van der Waals surface area contributed by atoms with Crippen molar-refractivity contribution in [2.24, 2.45) is 4.99 Å². The van der Waals surface area contributed by atoms with E-state index < -0.39 is 5.97 Å². The van der Waals surface area contributed by atoms with Crippen molar-refractivity contribution in [3.8, 4) is 5.88 Å². The highest BCUT2D eigenvalue weighted by Crippen LogP contribution is 2.32. The Bertz CT molecular complexity index is 779. The first-order chi connectivity index (χ1) is 10.7. The Kier molecular flexibility index (Phi) is 4.54. The lowest BCUT2D eigenvalue weighted by atomic mass is 10.0. The van der Waals surface area contributed by atoms with Crippen LogP contribution in [0.4, 0.5) is 0 Å². The molecule has 0 spiro atoms. The predicted molar refractivity (Wildman–Crippen MR) is 87.9 cm³/mol. The number of aliphatic imine (C=N–C) groups is 1. The summed E-state index contributed by atoms with van der Waals surface area (Å²) in [5, 5.41) is 18.7. The van der Waals surface area contributed by atoms with Crippen molar-refractivity contribution in [3.63, 3.8) is 0 Å². The first-order valence-electron chi connectivity index (χ1n) is 7.34. The monoisotopic (exact) mass is 316 g/mol. The Morgan fingerprint density at radius 2 is 1.91 bits per heavy atom. The molecule has 0 amide bonds. The number of aromatic hydroxyl groups is 1. The van der Waals surface area contributed by atoms with E-state index in [9.17, 15) is 14.7 Å². The summed E-state index contributed by atoms with van der Waals surface area (Å²) in [6.45, 7) is 6.91. The van der Waals surface area contributed by atoms with Crippen molar-refractivity contribution in [2.75, 3.05) is 0 Å². The minimum absolute atomic E-state index is 0.0591. The van der Waals surface area contributed by atoms with Crippen molar-refractivity contribution in [1.29, 1.82) is 0 Å². The van der Waals surface area contributed by atoms with E-state index in [1.54, 1.807) is 13.0 Å². The second kappa shape index (κ2) is 6.24. The number of rotatable bonds is 5. The van der Waals surface area contributed by atoms with Crippen LogP contribution in [-0.2, 0) is 4.79 Å². The summed E-state index contributed by atoms with van der Waals surface area (Å²) in [6, 6.07) is 0. The lowest BCUT2D eigenvalue weighted by Crippen LogP contribution is -2.00. The minimum atomic E-state index is -0.841. The van der Waals surface area contributed by atoms with Gasteiger partial charge in [0.2, 0.25) is 0 Å². The number of nitrogens with zero attached hydrogens (tertiary/aromatic N) is 1. The van der Waals surface area contributed by atoms with E-state index in [1.165, 1.54) is 6.92 Å². The van der Waals surface area contributed by atoms with E-state index in [4.69, 9.17) is 5.11 Å². The molecule has 6 heteroatoms. The smallest absolute Gasteiger partial charge is 0.303 e. The average molecular weight is 316 g/mol. The van der Waals surface area contributed by atoms with Crippen LogP contribution in [0.5, 0.6) is 5.88 Å². The van der Waals surface area contributed by atoms with E-state index in [2.05, 4.69) is 9.98 Å². The average Bonchev–Trinajstić information content (AvgIpc) is 2.85. The molecule has 1 aromatic heterocycles. The topological polar surface area (TPSA) is 103 Å². The molecule has 2 rings (SSSR count). The Morgan fingerprint density at radius 1 is 1.26 bits per heavy atom. The third kappa shape index (κ3) is 3.26. The van der Waals surface area contributed by atoms with Gasteiger partial charge in [0.1, 0.15) is 0 Å². The summed E-state index contributed by atoms with van der Waals surface area (Å²) < 4.78 is 0. The number of aromatic amines is 1. The van der Waals surface area contributed by atoms with E-state index >= 15 is 0 Å². The van der Waals surface area contributed by atoms with Gasteiger partial charge in [0, 0.05) is 17.8 Å². The van der Waals surface area contributed by atoms with Gasteiger partial charge in [-0.3, -0.25) is 14.6 Å². The number of carboxylic acids is 1. The third-order valence-corrected chi connectivity index (χ3v) is 4.05.